The van der Waals surface area contributed by atoms with Crippen molar-refractivity contribution in [1.29, 1.82) is 0 Å². The zero-order chi connectivity index (χ0) is 10.6. The second kappa shape index (κ2) is 4.30. The minimum absolute atomic E-state index is 0.110. The summed E-state index contributed by atoms with van der Waals surface area (Å²) < 4.78 is 21.2. The third-order valence-corrected chi connectivity index (χ3v) is 2.44. The Morgan fingerprint density at radius 1 is 1.29 bits per heavy atom. The molecule has 0 spiro atoms. The molecule has 6 heteroatoms. The topological polar surface area (TPSA) is 98.2 Å². The van der Waals surface area contributed by atoms with E-state index >= 15 is 0 Å². The van der Waals surface area contributed by atoms with E-state index in [9.17, 15) is 8.42 Å². The highest BCUT2D eigenvalue weighted by Gasteiger charge is 2.02. The van der Waals surface area contributed by atoms with Crippen LogP contribution in [0.1, 0.15) is 0 Å². The van der Waals surface area contributed by atoms with Crippen LogP contribution in [0.4, 0.5) is 11.4 Å². The maximum Gasteiger partial charge on any atom is 0.210 e. The van der Waals surface area contributed by atoms with Gasteiger partial charge >= 0.3 is 0 Å². The summed E-state index contributed by atoms with van der Waals surface area (Å²) in [6.45, 7) is 0.257. The summed E-state index contributed by atoms with van der Waals surface area (Å²) in [4.78, 5) is 0. The van der Waals surface area contributed by atoms with Crippen molar-refractivity contribution in [2.45, 2.75) is 0 Å². The Kier molecular flexibility index (Phi) is 3.32. The fraction of sp³-hybridized carbons (Fsp3) is 0.250. The number of benzene rings is 1. The lowest BCUT2D eigenvalue weighted by Crippen LogP contribution is -2.22. The van der Waals surface area contributed by atoms with Gasteiger partial charge in [-0.25, -0.2) is 13.6 Å². The molecule has 14 heavy (non-hydrogen) atoms. The molecule has 0 bridgehead atoms. The maximum atomic E-state index is 10.6. The van der Waals surface area contributed by atoms with Crippen LogP contribution in [0.15, 0.2) is 24.3 Å². The molecular formula is C8H13N3O2S. The highest BCUT2D eigenvalue weighted by atomic mass is 32.2. The Labute approximate surface area is 83.2 Å². The van der Waals surface area contributed by atoms with Crippen LogP contribution in [0.3, 0.4) is 0 Å². The van der Waals surface area contributed by atoms with Gasteiger partial charge in [-0.1, -0.05) is 12.1 Å². The van der Waals surface area contributed by atoms with Crippen molar-refractivity contribution in [3.8, 4) is 0 Å². The standard InChI is InChI=1S/C8H13N3O2S/c9-7-3-1-2-4-8(7)11-5-6-14(10,12)13/h1-4,11H,5-6,9H2,(H2,10,12,13). The van der Waals surface area contributed by atoms with Gasteiger partial charge in [0.25, 0.3) is 0 Å². The molecule has 0 saturated carbocycles. The Bertz CT molecular complexity index is 403. The molecule has 0 atom stereocenters. The molecule has 0 radical (unpaired) electrons. The lowest BCUT2D eigenvalue weighted by atomic mass is 10.3. The number of hydrogen-bond donors (Lipinski definition) is 3. The molecule has 1 aromatic rings. The number of nitrogen functional groups attached to an aromatic ring is 1. The highest BCUT2D eigenvalue weighted by molar-refractivity contribution is 7.89. The van der Waals surface area contributed by atoms with Crippen molar-refractivity contribution in [1.82, 2.24) is 0 Å². The van der Waals surface area contributed by atoms with Gasteiger partial charge in [-0.15, -0.1) is 0 Å². The largest absolute Gasteiger partial charge is 0.397 e. The molecule has 0 unspecified atom stereocenters. The second-order valence-electron chi connectivity index (χ2n) is 2.88. The number of nitrogens with two attached hydrogens (primary N) is 2. The molecule has 0 fully saturated rings. The molecule has 0 saturated heterocycles. The van der Waals surface area contributed by atoms with Gasteiger partial charge in [-0.3, -0.25) is 0 Å². The first kappa shape index (κ1) is 10.8. The predicted octanol–water partition coefficient (Wildman–Crippen LogP) is -0.0308. The summed E-state index contributed by atoms with van der Waals surface area (Å²) in [5.74, 6) is -0.110. The number of anilines is 2. The minimum Gasteiger partial charge on any atom is -0.397 e. The molecule has 0 aliphatic rings. The fourth-order valence-electron chi connectivity index (χ4n) is 0.986. The number of rotatable bonds is 4. The molecule has 1 aromatic carbocycles. The Hall–Kier alpha value is -1.27. The summed E-state index contributed by atoms with van der Waals surface area (Å²) in [5.41, 5.74) is 6.93. The van der Waals surface area contributed by atoms with Crippen molar-refractivity contribution in [3.05, 3.63) is 24.3 Å². The first-order chi connectivity index (χ1) is 6.49. The van der Waals surface area contributed by atoms with E-state index in [4.69, 9.17) is 10.9 Å². The average Bonchev–Trinajstić information content (AvgIpc) is 2.06. The molecule has 5 nitrogen and oxygen atoms in total. The van der Waals surface area contributed by atoms with Gasteiger partial charge in [0, 0.05) is 6.54 Å². The van der Waals surface area contributed by atoms with Crippen molar-refractivity contribution in [3.63, 3.8) is 0 Å². The third kappa shape index (κ3) is 3.63. The van der Waals surface area contributed by atoms with E-state index in [2.05, 4.69) is 5.32 Å². The first-order valence-electron chi connectivity index (χ1n) is 4.08. The summed E-state index contributed by atoms with van der Waals surface area (Å²) in [7, 11) is -3.41. The fourth-order valence-corrected chi connectivity index (χ4v) is 1.37. The number of hydrogen-bond acceptors (Lipinski definition) is 4. The quantitative estimate of drug-likeness (QED) is 0.614. The van der Waals surface area contributed by atoms with Crippen LogP contribution in [0.5, 0.6) is 0 Å². The first-order valence-corrected chi connectivity index (χ1v) is 5.79. The Balaban J connectivity index is 2.51. The van der Waals surface area contributed by atoms with E-state index in [-0.39, 0.29) is 12.3 Å². The average molecular weight is 215 g/mol. The molecule has 1 rings (SSSR count). The molecule has 78 valence electrons. The Morgan fingerprint density at radius 3 is 2.50 bits per heavy atom. The predicted molar refractivity (Wildman–Crippen MR) is 57.3 cm³/mol. The van der Waals surface area contributed by atoms with Crippen molar-refractivity contribution >= 4 is 21.4 Å². The summed E-state index contributed by atoms with van der Waals surface area (Å²) >= 11 is 0. The molecule has 5 N–H and O–H groups in total. The van der Waals surface area contributed by atoms with Gasteiger partial charge in [0.1, 0.15) is 0 Å². The van der Waals surface area contributed by atoms with E-state index in [1.165, 1.54) is 0 Å². The minimum atomic E-state index is -3.41. The van der Waals surface area contributed by atoms with Crippen molar-refractivity contribution in [2.24, 2.45) is 5.14 Å². The number of para-hydroxylation sites is 2. The monoisotopic (exact) mass is 215 g/mol. The molecular weight excluding hydrogens is 202 g/mol. The van der Waals surface area contributed by atoms with Crippen LogP contribution in [0.25, 0.3) is 0 Å². The number of nitrogens with one attached hydrogen (secondary N) is 1. The van der Waals surface area contributed by atoms with Crippen molar-refractivity contribution < 1.29 is 8.42 Å². The van der Waals surface area contributed by atoms with Gasteiger partial charge in [-0.05, 0) is 12.1 Å². The maximum absolute atomic E-state index is 10.6. The van der Waals surface area contributed by atoms with Gasteiger partial charge in [0.05, 0.1) is 17.1 Å². The second-order valence-corrected chi connectivity index (χ2v) is 4.61. The van der Waals surface area contributed by atoms with E-state index in [0.717, 1.165) is 5.69 Å². The van der Waals surface area contributed by atoms with Crippen LogP contribution in [0, 0.1) is 0 Å². The van der Waals surface area contributed by atoms with Crippen LogP contribution < -0.4 is 16.2 Å². The summed E-state index contributed by atoms with van der Waals surface area (Å²) in [6.07, 6.45) is 0. The lowest BCUT2D eigenvalue weighted by molar-refractivity contribution is 0.598. The summed E-state index contributed by atoms with van der Waals surface area (Å²) in [6, 6.07) is 7.13. The SMILES string of the molecule is Nc1ccccc1NCCS(N)(=O)=O. The third-order valence-electron chi connectivity index (χ3n) is 1.66. The van der Waals surface area contributed by atoms with E-state index in [1.807, 2.05) is 6.07 Å². The molecule has 0 aliphatic heterocycles. The van der Waals surface area contributed by atoms with Gasteiger partial charge in [-0.2, -0.15) is 0 Å². The van der Waals surface area contributed by atoms with Crippen molar-refractivity contribution in [2.75, 3.05) is 23.3 Å². The van der Waals surface area contributed by atoms with Gasteiger partial charge in [0.2, 0.25) is 10.0 Å². The smallest absolute Gasteiger partial charge is 0.210 e. The summed E-state index contributed by atoms with van der Waals surface area (Å²) in [5, 5.41) is 7.72. The van der Waals surface area contributed by atoms with E-state index in [0.29, 0.717) is 5.69 Å². The van der Waals surface area contributed by atoms with Crippen LogP contribution in [-0.2, 0) is 10.0 Å². The van der Waals surface area contributed by atoms with Gasteiger partial charge in [0.15, 0.2) is 0 Å². The zero-order valence-corrected chi connectivity index (χ0v) is 8.42. The van der Waals surface area contributed by atoms with E-state index in [1.54, 1.807) is 18.2 Å². The zero-order valence-electron chi connectivity index (χ0n) is 7.60. The molecule has 0 aromatic heterocycles. The molecule has 0 heterocycles. The number of sulfonamides is 1. The Morgan fingerprint density at radius 2 is 1.93 bits per heavy atom. The van der Waals surface area contributed by atoms with Crippen LogP contribution >= 0.6 is 0 Å². The normalized spacial score (nSPS) is 11.2. The number of primary sulfonamides is 1. The van der Waals surface area contributed by atoms with E-state index < -0.39 is 10.0 Å². The lowest BCUT2D eigenvalue weighted by Gasteiger charge is -2.07. The molecule has 0 aliphatic carbocycles. The van der Waals surface area contributed by atoms with Gasteiger partial charge < -0.3 is 11.1 Å². The van der Waals surface area contributed by atoms with Crippen LogP contribution in [-0.4, -0.2) is 20.7 Å². The van der Waals surface area contributed by atoms with Crippen LogP contribution in [0.2, 0.25) is 0 Å². The molecule has 0 amide bonds. The highest BCUT2D eigenvalue weighted by Crippen LogP contribution is 2.15.